The Labute approximate surface area is 143 Å². The lowest BCUT2D eigenvalue weighted by atomic mass is 10.1. The van der Waals surface area contributed by atoms with Crippen LogP contribution in [0, 0.1) is 0 Å². The van der Waals surface area contributed by atoms with E-state index in [0.29, 0.717) is 36.7 Å². The Morgan fingerprint density at radius 3 is 3.04 bits per heavy atom. The molecule has 1 aliphatic rings. The lowest BCUT2D eigenvalue weighted by Gasteiger charge is -2.35. The van der Waals surface area contributed by atoms with Crippen molar-refractivity contribution in [1.82, 2.24) is 14.3 Å². The van der Waals surface area contributed by atoms with Gasteiger partial charge in [-0.05, 0) is 24.3 Å². The summed E-state index contributed by atoms with van der Waals surface area (Å²) in [6.07, 6.45) is 6.95. The van der Waals surface area contributed by atoms with Crippen molar-refractivity contribution in [2.24, 2.45) is 0 Å². The largest absolute Gasteiger partial charge is 0.461 e. The van der Waals surface area contributed by atoms with Crippen LogP contribution in [0.25, 0.3) is 5.65 Å². The van der Waals surface area contributed by atoms with E-state index in [0.717, 1.165) is 0 Å². The second kappa shape index (κ2) is 6.52. The van der Waals surface area contributed by atoms with Gasteiger partial charge in [0.15, 0.2) is 11.5 Å². The van der Waals surface area contributed by atoms with E-state index in [4.69, 9.17) is 9.15 Å². The number of fused-ring (bicyclic) bond motifs is 1. The Bertz CT molecular complexity index is 900. The van der Waals surface area contributed by atoms with Crippen molar-refractivity contribution >= 4 is 17.3 Å². The van der Waals surface area contributed by atoms with E-state index in [2.05, 4.69) is 4.98 Å². The van der Waals surface area contributed by atoms with Crippen LogP contribution in [0.5, 0.6) is 0 Å². The van der Waals surface area contributed by atoms with E-state index >= 15 is 0 Å². The highest BCUT2D eigenvalue weighted by atomic mass is 16.5. The molecule has 3 aromatic heterocycles. The third kappa shape index (κ3) is 3.06. The average molecular weight is 339 g/mol. The highest BCUT2D eigenvalue weighted by Crippen LogP contribution is 2.18. The molecule has 4 heterocycles. The monoisotopic (exact) mass is 339 g/mol. The molecule has 0 N–H and O–H groups in total. The Balaban J connectivity index is 1.55. The zero-order chi connectivity index (χ0) is 17.2. The SMILES string of the molecule is O=C(C[C@H]1COCCN1C(=O)c1ccn2ccnc2c1)c1ccco1. The number of carbonyl (C=O) groups excluding carboxylic acids is 2. The first-order valence-electron chi connectivity index (χ1n) is 8.10. The molecule has 1 aliphatic heterocycles. The van der Waals surface area contributed by atoms with Gasteiger partial charge >= 0.3 is 0 Å². The molecule has 0 saturated carbocycles. The highest BCUT2D eigenvalue weighted by molar-refractivity contribution is 5.97. The first kappa shape index (κ1) is 15.6. The van der Waals surface area contributed by atoms with Crippen molar-refractivity contribution < 1.29 is 18.7 Å². The molecular formula is C18H17N3O4. The van der Waals surface area contributed by atoms with Crippen molar-refractivity contribution in [2.75, 3.05) is 19.8 Å². The summed E-state index contributed by atoms with van der Waals surface area (Å²) in [5.74, 6) is 0.0461. The van der Waals surface area contributed by atoms with Gasteiger partial charge in [0.05, 0.1) is 25.5 Å². The minimum absolute atomic E-state index is 0.119. The zero-order valence-corrected chi connectivity index (χ0v) is 13.5. The van der Waals surface area contributed by atoms with Crippen molar-refractivity contribution in [2.45, 2.75) is 12.5 Å². The molecule has 1 fully saturated rings. The number of morpholine rings is 1. The smallest absolute Gasteiger partial charge is 0.254 e. The number of ether oxygens (including phenoxy) is 1. The lowest BCUT2D eigenvalue weighted by molar-refractivity contribution is -0.00303. The number of Topliss-reactive ketones (excluding diaryl/α,β-unsaturated/α-hetero) is 1. The molecule has 25 heavy (non-hydrogen) atoms. The molecule has 0 aliphatic carbocycles. The van der Waals surface area contributed by atoms with Gasteiger partial charge in [0, 0.05) is 37.1 Å². The molecule has 0 aromatic carbocycles. The first-order chi connectivity index (χ1) is 12.2. The predicted molar refractivity (Wildman–Crippen MR) is 88.5 cm³/mol. The Hall–Kier alpha value is -2.93. The van der Waals surface area contributed by atoms with Crippen LogP contribution in [0.15, 0.2) is 53.5 Å². The van der Waals surface area contributed by atoms with Gasteiger partial charge in [-0.3, -0.25) is 9.59 Å². The number of amides is 1. The predicted octanol–water partition coefficient (Wildman–Crippen LogP) is 2.04. The molecule has 0 unspecified atom stereocenters. The zero-order valence-electron chi connectivity index (χ0n) is 13.5. The van der Waals surface area contributed by atoms with Gasteiger partial charge in [-0.25, -0.2) is 4.98 Å². The Kier molecular flexibility index (Phi) is 4.07. The van der Waals surface area contributed by atoms with E-state index in [-0.39, 0.29) is 24.2 Å². The van der Waals surface area contributed by atoms with Crippen LogP contribution in [-0.2, 0) is 4.74 Å². The number of pyridine rings is 1. The van der Waals surface area contributed by atoms with Crippen molar-refractivity contribution in [3.05, 3.63) is 60.4 Å². The van der Waals surface area contributed by atoms with Crippen molar-refractivity contribution in [1.29, 1.82) is 0 Å². The third-order valence-corrected chi connectivity index (χ3v) is 4.35. The molecular weight excluding hydrogens is 322 g/mol. The van der Waals surface area contributed by atoms with Crippen LogP contribution in [0.2, 0.25) is 0 Å². The van der Waals surface area contributed by atoms with Crippen LogP contribution < -0.4 is 0 Å². The van der Waals surface area contributed by atoms with Gasteiger partial charge in [-0.1, -0.05) is 0 Å². The highest BCUT2D eigenvalue weighted by Gasteiger charge is 2.30. The average Bonchev–Trinajstić information content (AvgIpc) is 3.32. The summed E-state index contributed by atoms with van der Waals surface area (Å²) in [7, 11) is 0. The number of hydrogen-bond donors (Lipinski definition) is 0. The Morgan fingerprint density at radius 1 is 1.28 bits per heavy atom. The molecule has 128 valence electrons. The quantitative estimate of drug-likeness (QED) is 0.680. The number of hydrogen-bond acceptors (Lipinski definition) is 5. The maximum Gasteiger partial charge on any atom is 0.254 e. The van der Waals surface area contributed by atoms with Crippen LogP contribution >= 0.6 is 0 Å². The second-order valence-corrected chi connectivity index (χ2v) is 5.94. The number of ketones is 1. The van der Waals surface area contributed by atoms with Gasteiger partial charge in [0.25, 0.3) is 5.91 Å². The molecule has 0 radical (unpaired) electrons. The summed E-state index contributed by atoms with van der Waals surface area (Å²) in [5.41, 5.74) is 1.26. The molecule has 7 nitrogen and oxygen atoms in total. The molecule has 1 amide bonds. The van der Waals surface area contributed by atoms with Crippen molar-refractivity contribution in [3.63, 3.8) is 0 Å². The normalized spacial score (nSPS) is 17.8. The molecule has 0 bridgehead atoms. The summed E-state index contributed by atoms with van der Waals surface area (Å²) in [5, 5.41) is 0. The summed E-state index contributed by atoms with van der Waals surface area (Å²) in [6.45, 7) is 1.25. The summed E-state index contributed by atoms with van der Waals surface area (Å²) < 4.78 is 12.5. The van der Waals surface area contributed by atoms with Gasteiger partial charge in [-0.2, -0.15) is 0 Å². The number of carbonyl (C=O) groups is 2. The number of furan rings is 1. The fourth-order valence-electron chi connectivity index (χ4n) is 3.05. The number of aromatic nitrogens is 2. The molecule has 4 rings (SSSR count). The van der Waals surface area contributed by atoms with Gasteiger partial charge in [-0.15, -0.1) is 0 Å². The Morgan fingerprint density at radius 2 is 2.20 bits per heavy atom. The number of imidazole rings is 1. The van der Waals surface area contributed by atoms with E-state index in [9.17, 15) is 9.59 Å². The lowest BCUT2D eigenvalue weighted by Crippen LogP contribution is -2.49. The fourth-order valence-corrected chi connectivity index (χ4v) is 3.05. The van der Waals surface area contributed by atoms with Crippen LogP contribution in [0.1, 0.15) is 27.3 Å². The van der Waals surface area contributed by atoms with Gasteiger partial charge in [0.1, 0.15) is 5.65 Å². The van der Waals surface area contributed by atoms with Crippen LogP contribution in [0.4, 0.5) is 0 Å². The maximum atomic E-state index is 12.9. The minimum Gasteiger partial charge on any atom is -0.461 e. The number of nitrogens with zero attached hydrogens (tertiary/aromatic N) is 3. The summed E-state index contributed by atoms with van der Waals surface area (Å²) >= 11 is 0. The van der Waals surface area contributed by atoms with Crippen molar-refractivity contribution in [3.8, 4) is 0 Å². The van der Waals surface area contributed by atoms with E-state index in [1.165, 1.54) is 6.26 Å². The number of rotatable bonds is 4. The van der Waals surface area contributed by atoms with Gasteiger partial charge in [0.2, 0.25) is 0 Å². The minimum atomic E-state index is -0.310. The summed E-state index contributed by atoms with van der Waals surface area (Å²) in [6, 6.07) is 6.51. The fraction of sp³-hybridized carbons (Fsp3) is 0.278. The molecule has 3 aromatic rings. The topological polar surface area (TPSA) is 77.0 Å². The van der Waals surface area contributed by atoms with Crippen LogP contribution in [0.3, 0.4) is 0 Å². The third-order valence-electron chi connectivity index (χ3n) is 4.35. The summed E-state index contributed by atoms with van der Waals surface area (Å²) in [4.78, 5) is 31.2. The van der Waals surface area contributed by atoms with Crippen LogP contribution in [-0.4, -0.2) is 51.8 Å². The molecule has 0 spiro atoms. The molecule has 7 heteroatoms. The van der Waals surface area contributed by atoms with Gasteiger partial charge < -0.3 is 18.5 Å². The molecule has 1 atom stereocenters. The first-order valence-corrected chi connectivity index (χ1v) is 8.10. The maximum absolute atomic E-state index is 12.9. The van der Waals surface area contributed by atoms with E-state index < -0.39 is 0 Å². The standard InChI is InChI=1S/C18H17N3O4/c22-15(16-2-1-8-25-16)11-14-12-24-9-7-21(14)18(23)13-3-5-20-6-4-19-17(20)10-13/h1-6,8,10,14H,7,9,11-12H2/t14-/m0/s1. The van der Waals surface area contributed by atoms with E-state index in [1.807, 2.05) is 10.6 Å². The van der Waals surface area contributed by atoms with E-state index in [1.54, 1.807) is 41.6 Å². The molecule has 1 saturated heterocycles. The second-order valence-electron chi connectivity index (χ2n) is 5.94.